The summed E-state index contributed by atoms with van der Waals surface area (Å²) in [6, 6.07) is 0. The van der Waals surface area contributed by atoms with E-state index >= 15 is 0 Å². The van der Waals surface area contributed by atoms with Gasteiger partial charge in [-0.3, -0.25) is 4.79 Å². The third kappa shape index (κ3) is 4.83. The van der Waals surface area contributed by atoms with Crippen molar-refractivity contribution in [1.82, 2.24) is 0 Å². The summed E-state index contributed by atoms with van der Waals surface area (Å²) >= 11 is 0. The van der Waals surface area contributed by atoms with Gasteiger partial charge in [0.05, 0.1) is 5.56 Å². The summed E-state index contributed by atoms with van der Waals surface area (Å²) in [5, 5.41) is 10.5. The maximum atomic E-state index is 12.8. The number of aryl methyl sites for hydroxylation is 1. The zero-order valence-corrected chi connectivity index (χ0v) is 20.3. The van der Waals surface area contributed by atoms with E-state index in [2.05, 4.69) is 33.8 Å². The molecule has 2 fully saturated rings. The second-order valence-corrected chi connectivity index (χ2v) is 11.0. The lowest BCUT2D eigenvalue weighted by Gasteiger charge is -2.55. The first kappa shape index (κ1) is 23.8. The Morgan fingerprint density at radius 2 is 1.90 bits per heavy atom. The summed E-state index contributed by atoms with van der Waals surface area (Å²) in [6.07, 6.45) is 10.5. The van der Waals surface area contributed by atoms with Crippen LogP contribution in [0.2, 0.25) is 0 Å². The maximum absolute atomic E-state index is 12.8. The topological polar surface area (TPSA) is 67.5 Å². The van der Waals surface area contributed by atoms with E-state index in [9.17, 15) is 14.7 Å². The second-order valence-electron chi connectivity index (χ2n) is 11.0. The monoisotopic (exact) mass is 428 g/mol. The van der Waals surface area contributed by atoms with Crippen LogP contribution in [0.15, 0.2) is 20.9 Å². The smallest absolute Gasteiger partial charge is 0.342 e. The minimum absolute atomic E-state index is 0.0892. The Balaban J connectivity index is 1.72. The normalized spacial score (nSPS) is 30.7. The molecule has 172 valence electrons. The highest BCUT2D eigenvalue weighted by Gasteiger charge is 2.52. The van der Waals surface area contributed by atoms with Crippen LogP contribution in [0.25, 0.3) is 0 Å². The van der Waals surface area contributed by atoms with E-state index in [0.29, 0.717) is 41.4 Å². The zero-order valence-electron chi connectivity index (χ0n) is 20.3. The first-order valence-electron chi connectivity index (χ1n) is 11.9. The summed E-state index contributed by atoms with van der Waals surface area (Å²) < 4.78 is 5.32. The van der Waals surface area contributed by atoms with Crippen molar-refractivity contribution < 1.29 is 14.3 Å². The molecule has 4 heteroatoms. The van der Waals surface area contributed by atoms with Crippen molar-refractivity contribution >= 4 is 5.78 Å². The third-order valence-electron chi connectivity index (χ3n) is 8.51. The van der Waals surface area contributed by atoms with Crippen molar-refractivity contribution in [3.8, 4) is 5.75 Å². The van der Waals surface area contributed by atoms with E-state index in [0.717, 1.165) is 44.9 Å². The number of allylic oxidation sites excluding steroid dienone is 2. The Hall–Kier alpha value is -1.84. The number of Topliss-reactive ketones (excluding diaryl/α,β-unsaturated/α-hetero) is 1. The van der Waals surface area contributed by atoms with Gasteiger partial charge < -0.3 is 9.52 Å². The summed E-state index contributed by atoms with van der Waals surface area (Å²) in [4.78, 5) is 25.2. The van der Waals surface area contributed by atoms with Gasteiger partial charge in [0.25, 0.3) is 0 Å². The standard InChI is InChI=1S/C27H40O4/c1-17(2)8-7-9-22-23(28)11-10-20-16-26(5,14-15-27(20,22)6)13-12-21-24(29)18(3)19(4)31-25(21)30/h8,20,22,29H,7,9-16H2,1-6H3. The van der Waals surface area contributed by atoms with Gasteiger partial charge in [-0.25, -0.2) is 4.79 Å². The average molecular weight is 429 g/mol. The summed E-state index contributed by atoms with van der Waals surface area (Å²) in [5.41, 5.74) is 2.18. The van der Waals surface area contributed by atoms with Gasteiger partial charge >= 0.3 is 5.63 Å². The number of aromatic hydroxyl groups is 1. The lowest BCUT2D eigenvalue weighted by Crippen LogP contribution is -2.49. The molecule has 0 aliphatic heterocycles. The number of ketones is 1. The van der Waals surface area contributed by atoms with E-state index in [1.54, 1.807) is 13.8 Å². The first-order valence-corrected chi connectivity index (χ1v) is 11.9. The molecule has 3 rings (SSSR count). The number of hydrogen-bond acceptors (Lipinski definition) is 4. The molecule has 1 aromatic heterocycles. The van der Waals surface area contributed by atoms with Crippen molar-refractivity contribution in [3.05, 3.63) is 39.0 Å². The Kier molecular flexibility index (Phi) is 6.88. The maximum Gasteiger partial charge on any atom is 0.342 e. The molecule has 0 aromatic carbocycles. The molecular weight excluding hydrogens is 388 g/mol. The van der Waals surface area contributed by atoms with E-state index in [1.807, 2.05) is 0 Å². The minimum atomic E-state index is -0.410. The predicted molar refractivity (Wildman–Crippen MR) is 124 cm³/mol. The Morgan fingerprint density at radius 1 is 1.19 bits per heavy atom. The van der Waals surface area contributed by atoms with Gasteiger partial charge in [-0.2, -0.15) is 0 Å². The first-order chi connectivity index (χ1) is 14.5. The molecule has 1 N–H and O–H groups in total. The van der Waals surface area contributed by atoms with Crippen LogP contribution in [-0.4, -0.2) is 10.9 Å². The highest BCUT2D eigenvalue weighted by Crippen LogP contribution is 2.58. The van der Waals surface area contributed by atoms with Gasteiger partial charge in [-0.15, -0.1) is 0 Å². The van der Waals surface area contributed by atoms with Crippen LogP contribution < -0.4 is 5.63 Å². The van der Waals surface area contributed by atoms with Gasteiger partial charge in [0, 0.05) is 17.9 Å². The number of fused-ring (bicyclic) bond motifs is 1. The zero-order chi connectivity index (χ0) is 23.0. The molecule has 1 aromatic rings. The van der Waals surface area contributed by atoms with E-state index in [1.165, 1.54) is 5.57 Å². The van der Waals surface area contributed by atoms with Gasteiger partial charge in [0.15, 0.2) is 0 Å². The van der Waals surface area contributed by atoms with Crippen molar-refractivity contribution in [2.75, 3.05) is 0 Å². The molecule has 0 bridgehead atoms. The summed E-state index contributed by atoms with van der Waals surface area (Å²) in [7, 11) is 0. The van der Waals surface area contributed by atoms with Crippen LogP contribution in [0.1, 0.15) is 95.9 Å². The number of hydrogen-bond donors (Lipinski definition) is 1. The van der Waals surface area contributed by atoms with E-state index < -0.39 is 5.63 Å². The average Bonchev–Trinajstić information content (AvgIpc) is 2.69. The Labute approximate surface area is 187 Å². The molecule has 1 heterocycles. The SMILES string of the molecule is CC(C)=CCCC1C(=O)CCC2CC(C)(CCc3c(O)c(C)c(C)oc3=O)CCC21C. The molecule has 31 heavy (non-hydrogen) atoms. The fourth-order valence-corrected chi connectivity index (χ4v) is 6.12. The second kappa shape index (κ2) is 8.96. The molecule has 0 amide bonds. The van der Waals surface area contributed by atoms with Crippen molar-refractivity contribution in [2.24, 2.45) is 22.7 Å². The van der Waals surface area contributed by atoms with Gasteiger partial charge in [0.1, 0.15) is 17.3 Å². The molecule has 0 radical (unpaired) electrons. The molecule has 4 nitrogen and oxygen atoms in total. The van der Waals surface area contributed by atoms with Crippen LogP contribution in [-0.2, 0) is 11.2 Å². The number of carbonyl (C=O) groups is 1. The predicted octanol–water partition coefficient (Wildman–Crippen LogP) is 6.43. The van der Waals surface area contributed by atoms with Crippen LogP contribution in [0.5, 0.6) is 5.75 Å². The molecule has 0 spiro atoms. The highest BCUT2D eigenvalue weighted by molar-refractivity contribution is 5.82. The highest BCUT2D eigenvalue weighted by atomic mass is 16.4. The Bertz CT molecular complexity index is 920. The number of carbonyl (C=O) groups excluding carboxylic acids is 1. The lowest BCUT2D eigenvalue weighted by atomic mass is 9.49. The lowest BCUT2D eigenvalue weighted by molar-refractivity contribution is -0.139. The van der Waals surface area contributed by atoms with E-state index in [-0.39, 0.29) is 22.5 Å². The molecule has 0 saturated heterocycles. The van der Waals surface area contributed by atoms with Gasteiger partial charge in [-0.05, 0) is 95.8 Å². The van der Waals surface area contributed by atoms with Crippen molar-refractivity contribution in [2.45, 2.75) is 99.3 Å². The molecule has 4 unspecified atom stereocenters. The Morgan fingerprint density at radius 3 is 2.58 bits per heavy atom. The van der Waals surface area contributed by atoms with Crippen molar-refractivity contribution in [1.29, 1.82) is 0 Å². The molecule has 4 atom stereocenters. The minimum Gasteiger partial charge on any atom is -0.507 e. The third-order valence-corrected chi connectivity index (χ3v) is 8.51. The summed E-state index contributed by atoms with van der Waals surface area (Å²) in [6.45, 7) is 12.4. The van der Waals surface area contributed by atoms with Gasteiger partial charge in [-0.1, -0.05) is 25.5 Å². The summed E-state index contributed by atoms with van der Waals surface area (Å²) in [5.74, 6) is 1.76. The van der Waals surface area contributed by atoms with Crippen molar-refractivity contribution in [3.63, 3.8) is 0 Å². The molecular formula is C27H40O4. The molecule has 2 saturated carbocycles. The van der Waals surface area contributed by atoms with Crippen LogP contribution >= 0.6 is 0 Å². The van der Waals surface area contributed by atoms with Crippen LogP contribution in [0.4, 0.5) is 0 Å². The van der Waals surface area contributed by atoms with Crippen LogP contribution in [0, 0.1) is 36.5 Å². The molecule has 2 aliphatic rings. The fraction of sp³-hybridized carbons (Fsp3) is 0.704. The van der Waals surface area contributed by atoms with E-state index in [4.69, 9.17) is 4.42 Å². The number of rotatable bonds is 6. The largest absolute Gasteiger partial charge is 0.507 e. The molecule has 2 aliphatic carbocycles. The van der Waals surface area contributed by atoms with Crippen LogP contribution in [0.3, 0.4) is 0 Å². The quantitative estimate of drug-likeness (QED) is 0.530. The fourth-order valence-electron chi connectivity index (χ4n) is 6.12. The van der Waals surface area contributed by atoms with Gasteiger partial charge in [0.2, 0.25) is 0 Å².